The van der Waals surface area contributed by atoms with Crippen LogP contribution in [0.25, 0.3) is 10.9 Å². The largest absolute Gasteiger partial charge is 0.398 e. The monoisotopic (exact) mass is 273 g/mol. The van der Waals surface area contributed by atoms with Crippen LogP contribution in [0.3, 0.4) is 0 Å². The van der Waals surface area contributed by atoms with Crippen molar-refractivity contribution in [1.82, 2.24) is 9.88 Å². The van der Waals surface area contributed by atoms with Gasteiger partial charge in [0.25, 0.3) is 0 Å². The van der Waals surface area contributed by atoms with Crippen LogP contribution in [0.15, 0.2) is 30.5 Å². The van der Waals surface area contributed by atoms with E-state index in [1.807, 2.05) is 24.3 Å². The summed E-state index contributed by atoms with van der Waals surface area (Å²) in [5.41, 5.74) is 8.87. The van der Waals surface area contributed by atoms with Gasteiger partial charge in [-0.25, -0.2) is 0 Å². The molecule has 1 aliphatic rings. The van der Waals surface area contributed by atoms with E-state index in [0.717, 1.165) is 41.8 Å². The summed E-state index contributed by atoms with van der Waals surface area (Å²) in [6.45, 7) is 3.14. The predicted molar refractivity (Wildman–Crippen MR) is 78.3 cm³/mol. The molecule has 106 valence electrons. The fourth-order valence-electron chi connectivity index (χ4n) is 2.66. The van der Waals surface area contributed by atoms with E-state index in [2.05, 4.69) is 9.88 Å². The van der Waals surface area contributed by atoms with Gasteiger partial charge in [-0.3, -0.25) is 9.88 Å². The molecular formula is C15H19N3O2. The molecule has 1 saturated heterocycles. The minimum atomic E-state index is -0.0863. The number of aliphatic hydroxyl groups excluding tert-OH is 1. The summed E-state index contributed by atoms with van der Waals surface area (Å²) in [7, 11) is 0. The highest BCUT2D eigenvalue weighted by Gasteiger charge is 2.20. The van der Waals surface area contributed by atoms with Gasteiger partial charge in [-0.05, 0) is 23.8 Å². The zero-order valence-electron chi connectivity index (χ0n) is 11.3. The fraction of sp³-hybridized carbons (Fsp3) is 0.400. The molecule has 5 nitrogen and oxygen atoms in total. The SMILES string of the molecule is Nc1ccc(CN2CCOC(CO)C2)c2ncccc12. The lowest BCUT2D eigenvalue weighted by Crippen LogP contribution is -2.43. The van der Waals surface area contributed by atoms with Crippen molar-refractivity contribution in [2.45, 2.75) is 12.6 Å². The van der Waals surface area contributed by atoms with Gasteiger partial charge in [0.05, 0.1) is 24.8 Å². The Balaban J connectivity index is 1.86. The lowest BCUT2D eigenvalue weighted by molar-refractivity contribution is -0.0550. The molecule has 0 radical (unpaired) electrons. The molecule has 2 aromatic rings. The number of pyridine rings is 1. The molecule has 1 aromatic heterocycles. The third-order valence-electron chi connectivity index (χ3n) is 3.71. The number of nitrogen functional groups attached to an aromatic ring is 1. The maximum Gasteiger partial charge on any atom is 0.0933 e. The molecule has 1 atom stereocenters. The number of hydrogen-bond acceptors (Lipinski definition) is 5. The van der Waals surface area contributed by atoms with Crippen molar-refractivity contribution in [2.75, 3.05) is 32.0 Å². The zero-order valence-corrected chi connectivity index (χ0v) is 11.3. The van der Waals surface area contributed by atoms with Crippen LogP contribution >= 0.6 is 0 Å². The summed E-state index contributed by atoms with van der Waals surface area (Å²) in [4.78, 5) is 6.74. The smallest absolute Gasteiger partial charge is 0.0933 e. The van der Waals surface area contributed by atoms with Gasteiger partial charge in [-0.2, -0.15) is 0 Å². The Morgan fingerprint density at radius 2 is 2.30 bits per heavy atom. The van der Waals surface area contributed by atoms with E-state index in [0.29, 0.717) is 6.61 Å². The van der Waals surface area contributed by atoms with Gasteiger partial charge in [-0.1, -0.05) is 6.07 Å². The molecule has 1 unspecified atom stereocenters. The maximum absolute atomic E-state index is 9.20. The summed E-state index contributed by atoms with van der Waals surface area (Å²) in [5, 5.41) is 10.2. The minimum absolute atomic E-state index is 0.0667. The van der Waals surface area contributed by atoms with Crippen LogP contribution in [0, 0.1) is 0 Å². The van der Waals surface area contributed by atoms with Crippen molar-refractivity contribution < 1.29 is 9.84 Å². The Labute approximate surface area is 118 Å². The number of anilines is 1. The molecule has 0 aliphatic carbocycles. The molecule has 0 bridgehead atoms. The van der Waals surface area contributed by atoms with Gasteiger partial charge < -0.3 is 15.6 Å². The first-order valence-electron chi connectivity index (χ1n) is 6.85. The summed E-state index contributed by atoms with van der Waals surface area (Å²) < 4.78 is 5.47. The van der Waals surface area contributed by atoms with Crippen LogP contribution < -0.4 is 5.73 Å². The molecule has 3 N–H and O–H groups in total. The third kappa shape index (κ3) is 2.60. The molecule has 20 heavy (non-hydrogen) atoms. The van der Waals surface area contributed by atoms with E-state index in [1.165, 1.54) is 0 Å². The standard InChI is InChI=1S/C15H19N3O2/c16-14-4-3-11(15-13(14)2-1-5-17-15)8-18-6-7-20-12(9-18)10-19/h1-5,12,19H,6-10,16H2. The van der Waals surface area contributed by atoms with Gasteiger partial charge in [0.1, 0.15) is 0 Å². The third-order valence-corrected chi connectivity index (χ3v) is 3.71. The topological polar surface area (TPSA) is 71.6 Å². The molecule has 2 heterocycles. The molecule has 3 rings (SSSR count). The summed E-state index contributed by atoms with van der Waals surface area (Å²) in [5.74, 6) is 0. The highest BCUT2D eigenvalue weighted by atomic mass is 16.5. The first kappa shape index (κ1) is 13.3. The van der Waals surface area contributed by atoms with E-state index in [4.69, 9.17) is 10.5 Å². The number of nitrogens with zero attached hydrogens (tertiary/aromatic N) is 2. The van der Waals surface area contributed by atoms with Crippen molar-refractivity contribution in [3.05, 3.63) is 36.0 Å². The minimum Gasteiger partial charge on any atom is -0.398 e. The van der Waals surface area contributed by atoms with Crippen molar-refractivity contribution in [1.29, 1.82) is 0 Å². The van der Waals surface area contributed by atoms with Crippen molar-refractivity contribution >= 4 is 16.6 Å². The number of rotatable bonds is 3. The Morgan fingerprint density at radius 1 is 1.40 bits per heavy atom. The Kier molecular flexibility index (Phi) is 3.82. The zero-order chi connectivity index (χ0) is 13.9. The number of fused-ring (bicyclic) bond motifs is 1. The number of benzene rings is 1. The number of aliphatic hydroxyl groups is 1. The molecule has 0 spiro atoms. The van der Waals surface area contributed by atoms with Crippen LogP contribution in [0.4, 0.5) is 5.69 Å². The average Bonchev–Trinajstić information content (AvgIpc) is 2.51. The Morgan fingerprint density at radius 3 is 3.15 bits per heavy atom. The van der Waals surface area contributed by atoms with E-state index in [-0.39, 0.29) is 12.7 Å². The number of aromatic nitrogens is 1. The lowest BCUT2D eigenvalue weighted by Gasteiger charge is -2.32. The lowest BCUT2D eigenvalue weighted by atomic mass is 10.1. The molecule has 1 aromatic carbocycles. The molecular weight excluding hydrogens is 254 g/mol. The second-order valence-electron chi connectivity index (χ2n) is 5.12. The number of nitrogens with two attached hydrogens (primary N) is 1. The Bertz CT molecular complexity index is 603. The van der Waals surface area contributed by atoms with E-state index in [9.17, 15) is 5.11 Å². The number of ether oxygens (including phenoxy) is 1. The van der Waals surface area contributed by atoms with Crippen LogP contribution in [0.1, 0.15) is 5.56 Å². The molecule has 0 amide bonds. The van der Waals surface area contributed by atoms with Crippen LogP contribution in [-0.4, -0.2) is 47.4 Å². The summed E-state index contributed by atoms with van der Waals surface area (Å²) in [6.07, 6.45) is 1.71. The number of morpholine rings is 1. The van der Waals surface area contributed by atoms with Crippen molar-refractivity contribution in [2.24, 2.45) is 0 Å². The van der Waals surface area contributed by atoms with Crippen molar-refractivity contribution in [3.8, 4) is 0 Å². The maximum atomic E-state index is 9.20. The summed E-state index contributed by atoms with van der Waals surface area (Å²) in [6, 6.07) is 7.87. The normalized spacial score (nSPS) is 20.4. The summed E-state index contributed by atoms with van der Waals surface area (Å²) >= 11 is 0. The van der Waals surface area contributed by atoms with Gasteiger partial charge in [0.15, 0.2) is 0 Å². The van der Waals surface area contributed by atoms with Crippen LogP contribution in [0.2, 0.25) is 0 Å². The van der Waals surface area contributed by atoms with E-state index >= 15 is 0 Å². The predicted octanol–water partition coefficient (Wildman–Crippen LogP) is 1.01. The fourth-order valence-corrected chi connectivity index (χ4v) is 2.66. The van der Waals surface area contributed by atoms with Crippen LogP contribution in [0.5, 0.6) is 0 Å². The van der Waals surface area contributed by atoms with Gasteiger partial charge in [0, 0.05) is 36.9 Å². The molecule has 5 heteroatoms. The quantitative estimate of drug-likeness (QED) is 0.817. The van der Waals surface area contributed by atoms with E-state index < -0.39 is 0 Å². The first-order chi connectivity index (χ1) is 9.78. The molecule has 1 fully saturated rings. The van der Waals surface area contributed by atoms with Crippen LogP contribution in [-0.2, 0) is 11.3 Å². The van der Waals surface area contributed by atoms with Gasteiger partial charge in [0.2, 0.25) is 0 Å². The number of hydrogen-bond donors (Lipinski definition) is 2. The highest BCUT2D eigenvalue weighted by Crippen LogP contribution is 2.24. The van der Waals surface area contributed by atoms with Gasteiger partial charge in [-0.15, -0.1) is 0 Å². The molecule has 0 saturated carbocycles. The highest BCUT2D eigenvalue weighted by molar-refractivity contribution is 5.92. The van der Waals surface area contributed by atoms with Crippen molar-refractivity contribution in [3.63, 3.8) is 0 Å². The first-order valence-corrected chi connectivity index (χ1v) is 6.85. The average molecular weight is 273 g/mol. The second-order valence-corrected chi connectivity index (χ2v) is 5.12. The van der Waals surface area contributed by atoms with Gasteiger partial charge >= 0.3 is 0 Å². The second kappa shape index (κ2) is 5.75. The Hall–Kier alpha value is -1.69. The molecule has 1 aliphatic heterocycles. The van der Waals surface area contributed by atoms with E-state index in [1.54, 1.807) is 6.20 Å².